The van der Waals surface area contributed by atoms with Crippen LogP contribution in [0.5, 0.6) is 5.75 Å². The Kier molecular flexibility index (Phi) is 6.59. The summed E-state index contributed by atoms with van der Waals surface area (Å²) >= 11 is 0. The number of allylic oxidation sites excluding steroid dienone is 3. The number of hydrogen-bond donors (Lipinski definition) is 0. The zero-order valence-corrected chi connectivity index (χ0v) is 16.5. The van der Waals surface area contributed by atoms with Crippen molar-refractivity contribution in [3.05, 3.63) is 53.1 Å². The van der Waals surface area contributed by atoms with E-state index in [1.54, 1.807) is 7.11 Å². The van der Waals surface area contributed by atoms with Crippen LogP contribution in [0, 0.1) is 0 Å². The van der Waals surface area contributed by atoms with Crippen LogP contribution in [0.4, 0.5) is 4.79 Å². The summed E-state index contributed by atoms with van der Waals surface area (Å²) in [6.07, 6.45) is 12.1. The van der Waals surface area contributed by atoms with E-state index in [2.05, 4.69) is 12.2 Å². The average molecular weight is 370 g/mol. The highest BCUT2D eigenvalue weighted by atomic mass is 16.7. The Bertz CT molecular complexity index is 702. The zero-order chi connectivity index (χ0) is 19.1. The van der Waals surface area contributed by atoms with E-state index >= 15 is 0 Å². The van der Waals surface area contributed by atoms with Gasteiger partial charge in [-0.1, -0.05) is 31.2 Å². The minimum Gasteiger partial charge on any atom is -0.497 e. The first-order valence-corrected chi connectivity index (χ1v) is 10.1. The number of carbonyl (C=O) groups excluding carboxylic acids is 1. The van der Waals surface area contributed by atoms with Gasteiger partial charge in [0.1, 0.15) is 11.4 Å². The van der Waals surface area contributed by atoms with Gasteiger partial charge in [-0.2, -0.15) is 0 Å². The molecule has 146 valence electrons. The second kappa shape index (κ2) is 9.12. The molecule has 2 aliphatic rings. The standard InChI is InChI=1S/C23H30O4/c1-3-17-26-22(24)27-23(20-9-11-21(25-2)12-10-20)15-13-19(14-16-23)18-7-5-4-6-8-18/h7,9-13H,3-6,8,14-17H2,1-2H3. The molecule has 1 aromatic rings. The van der Waals surface area contributed by atoms with E-state index in [0.29, 0.717) is 13.0 Å². The molecular weight excluding hydrogens is 340 g/mol. The van der Waals surface area contributed by atoms with Crippen LogP contribution in [-0.2, 0) is 15.1 Å². The van der Waals surface area contributed by atoms with Gasteiger partial charge in [-0.25, -0.2) is 4.79 Å². The molecule has 2 aliphatic carbocycles. The maximum absolute atomic E-state index is 12.3. The van der Waals surface area contributed by atoms with Crippen molar-refractivity contribution in [2.24, 2.45) is 0 Å². The minimum absolute atomic E-state index is 0.380. The van der Waals surface area contributed by atoms with Crippen LogP contribution in [0.2, 0.25) is 0 Å². The minimum atomic E-state index is -0.671. The van der Waals surface area contributed by atoms with Gasteiger partial charge in [-0.15, -0.1) is 0 Å². The molecule has 0 saturated heterocycles. The lowest BCUT2D eigenvalue weighted by Gasteiger charge is -2.36. The molecule has 0 spiro atoms. The van der Waals surface area contributed by atoms with Crippen LogP contribution in [0.25, 0.3) is 0 Å². The van der Waals surface area contributed by atoms with E-state index < -0.39 is 11.8 Å². The first kappa shape index (κ1) is 19.5. The van der Waals surface area contributed by atoms with Gasteiger partial charge in [0.2, 0.25) is 0 Å². The third-order valence-corrected chi connectivity index (χ3v) is 5.50. The van der Waals surface area contributed by atoms with Gasteiger partial charge in [0.05, 0.1) is 13.7 Å². The van der Waals surface area contributed by atoms with E-state index in [4.69, 9.17) is 14.2 Å². The molecule has 0 amide bonds. The van der Waals surface area contributed by atoms with Crippen LogP contribution < -0.4 is 4.74 Å². The molecule has 4 nitrogen and oxygen atoms in total. The van der Waals surface area contributed by atoms with Gasteiger partial charge in [-0.05, 0) is 73.8 Å². The fourth-order valence-corrected chi connectivity index (χ4v) is 3.93. The van der Waals surface area contributed by atoms with Crippen molar-refractivity contribution in [2.75, 3.05) is 13.7 Å². The average Bonchev–Trinajstić information content (AvgIpc) is 2.73. The molecule has 1 aromatic carbocycles. The normalized spacial score (nSPS) is 22.4. The zero-order valence-electron chi connectivity index (χ0n) is 16.5. The van der Waals surface area contributed by atoms with Gasteiger partial charge in [0.25, 0.3) is 0 Å². The molecule has 0 radical (unpaired) electrons. The Morgan fingerprint density at radius 3 is 2.44 bits per heavy atom. The Morgan fingerprint density at radius 1 is 1.07 bits per heavy atom. The maximum Gasteiger partial charge on any atom is 0.509 e. The number of hydrogen-bond acceptors (Lipinski definition) is 4. The van der Waals surface area contributed by atoms with Crippen LogP contribution >= 0.6 is 0 Å². The van der Waals surface area contributed by atoms with Crippen LogP contribution in [0.3, 0.4) is 0 Å². The molecule has 4 heteroatoms. The summed E-state index contributed by atoms with van der Waals surface area (Å²) in [4.78, 5) is 12.3. The Hall–Kier alpha value is -2.23. The quantitative estimate of drug-likeness (QED) is 0.571. The Labute approximate surface area is 162 Å². The Morgan fingerprint density at radius 2 is 1.85 bits per heavy atom. The fourth-order valence-electron chi connectivity index (χ4n) is 3.93. The molecule has 27 heavy (non-hydrogen) atoms. The van der Waals surface area contributed by atoms with E-state index in [9.17, 15) is 4.79 Å². The van der Waals surface area contributed by atoms with Crippen molar-refractivity contribution in [2.45, 2.75) is 63.9 Å². The summed E-state index contributed by atoms with van der Waals surface area (Å²) in [5.74, 6) is 0.793. The number of benzene rings is 1. The van der Waals surface area contributed by atoms with Crippen molar-refractivity contribution in [3.63, 3.8) is 0 Å². The first-order chi connectivity index (χ1) is 13.2. The molecule has 0 aliphatic heterocycles. The topological polar surface area (TPSA) is 44.8 Å². The Balaban J connectivity index is 1.83. The van der Waals surface area contributed by atoms with Gasteiger partial charge in [-0.3, -0.25) is 0 Å². The first-order valence-electron chi connectivity index (χ1n) is 10.1. The third-order valence-electron chi connectivity index (χ3n) is 5.50. The predicted molar refractivity (Wildman–Crippen MR) is 106 cm³/mol. The fraction of sp³-hybridized carbons (Fsp3) is 0.522. The highest BCUT2D eigenvalue weighted by Gasteiger charge is 2.39. The summed E-state index contributed by atoms with van der Waals surface area (Å²) in [5.41, 5.74) is 3.22. The molecular formula is C23H30O4. The van der Waals surface area contributed by atoms with Crippen molar-refractivity contribution in [1.82, 2.24) is 0 Å². The molecule has 0 N–H and O–H groups in total. The lowest BCUT2D eigenvalue weighted by atomic mass is 9.77. The molecule has 0 fully saturated rings. The molecule has 0 bridgehead atoms. The smallest absolute Gasteiger partial charge is 0.497 e. The van der Waals surface area contributed by atoms with Crippen LogP contribution in [-0.4, -0.2) is 19.9 Å². The summed E-state index contributed by atoms with van der Waals surface area (Å²) in [5, 5.41) is 0. The molecule has 3 rings (SSSR count). The lowest BCUT2D eigenvalue weighted by Crippen LogP contribution is -2.34. The second-order valence-corrected chi connectivity index (χ2v) is 7.33. The second-order valence-electron chi connectivity index (χ2n) is 7.33. The van der Waals surface area contributed by atoms with Gasteiger partial charge >= 0.3 is 6.16 Å². The van der Waals surface area contributed by atoms with E-state index in [1.165, 1.54) is 36.8 Å². The van der Waals surface area contributed by atoms with Gasteiger partial charge in [0.15, 0.2) is 0 Å². The van der Waals surface area contributed by atoms with E-state index in [1.807, 2.05) is 31.2 Å². The summed E-state index contributed by atoms with van der Waals surface area (Å²) < 4.78 is 16.4. The highest BCUT2D eigenvalue weighted by Crippen LogP contribution is 2.43. The van der Waals surface area contributed by atoms with Gasteiger partial charge in [0, 0.05) is 6.42 Å². The van der Waals surface area contributed by atoms with Crippen molar-refractivity contribution < 1.29 is 19.0 Å². The van der Waals surface area contributed by atoms with Gasteiger partial charge < -0.3 is 14.2 Å². The SMILES string of the molecule is CCCOC(=O)OC1(c2ccc(OC)cc2)CC=C(C2=CCCCC2)CC1. The largest absolute Gasteiger partial charge is 0.509 e. The highest BCUT2D eigenvalue weighted by molar-refractivity contribution is 5.61. The maximum atomic E-state index is 12.3. The molecule has 0 aromatic heterocycles. The molecule has 1 atom stereocenters. The summed E-state index contributed by atoms with van der Waals surface area (Å²) in [6.45, 7) is 2.35. The van der Waals surface area contributed by atoms with Crippen LogP contribution in [0.15, 0.2) is 47.6 Å². The summed E-state index contributed by atoms with van der Waals surface area (Å²) in [6, 6.07) is 7.82. The van der Waals surface area contributed by atoms with E-state index in [-0.39, 0.29) is 0 Å². The van der Waals surface area contributed by atoms with Crippen molar-refractivity contribution >= 4 is 6.16 Å². The number of carbonyl (C=O) groups is 1. The number of ether oxygens (including phenoxy) is 3. The molecule has 1 unspecified atom stereocenters. The number of rotatable bonds is 6. The lowest BCUT2D eigenvalue weighted by molar-refractivity contribution is -0.0450. The van der Waals surface area contributed by atoms with Crippen LogP contribution in [0.1, 0.15) is 63.9 Å². The predicted octanol–water partition coefficient (Wildman–Crippen LogP) is 6.06. The number of methoxy groups -OCH3 is 1. The van der Waals surface area contributed by atoms with Crippen molar-refractivity contribution in [3.8, 4) is 5.75 Å². The summed E-state index contributed by atoms with van der Waals surface area (Å²) in [7, 11) is 1.65. The molecule has 0 heterocycles. The molecule has 0 saturated carbocycles. The third kappa shape index (κ3) is 4.74. The van der Waals surface area contributed by atoms with E-state index in [0.717, 1.165) is 30.6 Å². The monoisotopic (exact) mass is 370 g/mol. The van der Waals surface area contributed by atoms with Crippen molar-refractivity contribution in [1.29, 1.82) is 0 Å².